The van der Waals surface area contributed by atoms with Crippen LogP contribution in [0.4, 0.5) is 0 Å². The Morgan fingerprint density at radius 3 is 2.71 bits per heavy atom. The molecule has 1 aliphatic rings. The minimum absolute atomic E-state index is 0.199. The molecule has 0 aromatic carbocycles. The summed E-state index contributed by atoms with van der Waals surface area (Å²) < 4.78 is 0. The molecule has 3 unspecified atom stereocenters. The van der Waals surface area contributed by atoms with E-state index in [2.05, 4.69) is 20.4 Å². The van der Waals surface area contributed by atoms with Crippen LogP contribution in [-0.2, 0) is 0 Å². The van der Waals surface area contributed by atoms with E-state index in [9.17, 15) is 5.11 Å². The lowest BCUT2D eigenvalue weighted by Crippen LogP contribution is -2.34. The van der Waals surface area contributed by atoms with Crippen LogP contribution in [0.15, 0.2) is 12.2 Å². The van der Waals surface area contributed by atoms with E-state index < -0.39 is 0 Å². The van der Waals surface area contributed by atoms with E-state index >= 15 is 0 Å². The number of aliphatic hydroxyl groups excluding tert-OH is 1. The molecule has 14 heavy (non-hydrogen) atoms. The highest BCUT2D eigenvalue weighted by molar-refractivity contribution is 8.07. The van der Waals surface area contributed by atoms with Crippen LogP contribution >= 0.6 is 23.5 Å². The molecule has 0 spiro atoms. The third-order valence-corrected chi connectivity index (χ3v) is 5.85. The molecular formula is C11H20OS2. The molecule has 1 rings (SSSR count). The fourth-order valence-corrected chi connectivity index (χ4v) is 4.47. The van der Waals surface area contributed by atoms with E-state index in [4.69, 9.17) is 0 Å². The molecule has 0 saturated carbocycles. The van der Waals surface area contributed by atoms with Crippen LogP contribution < -0.4 is 0 Å². The zero-order valence-electron chi connectivity index (χ0n) is 9.03. The first kappa shape index (κ1) is 12.5. The molecule has 3 heteroatoms. The van der Waals surface area contributed by atoms with Gasteiger partial charge in [-0.3, -0.25) is 0 Å². The maximum Gasteiger partial charge on any atom is 0.0706 e. The fraction of sp³-hybridized carbons (Fsp3) is 0.818. The molecule has 0 bridgehead atoms. The predicted octanol–water partition coefficient (Wildman–Crippen LogP) is 2.94. The van der Waals surface area contributed by atoms with Crippen LogP contribution in [0, 0.1) is 0 Å². The van der Waals surface area contributed by atoms with Gasteiger partial charge in [-0.05, 0) is 12.8 Å². The third-order valence-electron chi connectivity index (χ3n) is 2.61. The Morgan fingerprint density at radius 2 is 2.14 bits per heavy atom. The highest BCUT2D eigenvalue weighted by Gasteiger charge is 2.28. The molecule has 0 amide bonds. The van der Waals surface area contributed by atoms with Crippen LogP contribution in [0.1, 0.15) is 26.7 Å². The third kappa shape index (κ3) is 3.52. The molecule has 0 radical (unpaired) electrons. The van der Waals surface area contributed by atoms with E-state index in [1.165, 1.54) is 17.1 Å². The molecule has 82 valence electrons. The number of hydrogen-bond donors (Lipinski definition) is 1. The Bertz CT molecular complexity index is 194. The quantitative estimate of drug-likeness (QED) is 0.753. The van der Waals surface area contributed by atoms with Gasteiger partial charge in [0.25, 0.3) is 0 Å². The first-order valence-corrected chi connectivity index (χ1v) is 7.32. The van der Waals surface area contributed by atoms with E-state index in [-0.39, 0.29) is 6.10 Å². The van der Waals surface area contributed by atoms with Crippen molar-refractivity contribution < 1.29 is 5.11 Å². The summed E-state index contributed by atoms with van der Waals surface area (Å²) in [6.45, 7) is 8.28. The van der Waals surface area contributed by atoms with Gasteiger partial charge in [0, 0.05) is 22.0 Å². The Kier molecular flexibility index (Phi) is 5.42. The monoisotopic (exact) mass is 232 g/mol. The summed E-state index contributed by atoms with van der Waals surface area (Å²) in [5.74, 6) is 2.40. The van der Waals surface area contributed by atoms with Crippen molar-refractivity contribution in [1.29, 1.82) is 0 Å². The molecule has 1 nitrogen and oxygen atoms in total. The zero-order chi connectivity index (χ0) is 10.6. The Hall–Kier alpha value is 0.400. The van der Waals surface area contributed by atoms with Crippen LogP contribution in [0.2, 0.25) is 0 Å². The van der Waals surface area contributed by atoms with Crippen molar-refractivity contribution in [3.05, 3.63) is 12.2 Å². The summed E-state index contributed by atoms with van der Waals surface area (Å²) in [5, 5.41) is 11.0. The van der Waals surface area contributed by atoms with Crippen LogP contribution in [0.5, 0.6) is 0 Å². The van der Waals surface area contributed by atoms with E-state index in [0.717, 1.165) is 12.8 Å². The first-order chi connectivity index (χ1) is 6.65. The molecule has 0 aliphatic carbocycles. The van der Waals surface area contributed by atoms with Crippen molar-refractivity contribution in [2.75, 3.05) is 11.5 Å². The largest absolute Gasteiger partial charge is 0.392 e. The highest BCUT2D eigenvalue weighted by Crippen LogP contribution is 2.34. The van der Waals surface area contributed by atoms with Gasteiger partial charge in [-0.2, -0.15) is 23.5 Å². The van der Waals surface area contributed by atoms with Crippen molar-refractivity contribution in [3.8, 4) is 0 Å². The van der Waals surface area contributed by atoms with Crippen molar-refractivity contribution in [2.45, 2.75) is 43.3 Å². The van der Waals surface area contributed by atoms with Crippen LogP contribution in [-0.4, -0.2) is 33.2 Å². The Morgan fingerprint density at radius 1 is 1.50 bits per heavy atom. The summed E-state index contributed by atoms with van der Waals surface area (Å²) >= 11 is 3.90. The smallest absolute Gasteiger partial charge is 0.0706 e. The van der Waals surface area contributed by atoms with Gasteiger partial charge in [0.15, 0.2) is 0 Å². The van der Waals surface area contributed by atoms with E-state index in [1.807, 2.05) is 23.5 Å². The van der Waals surface area contributed by atoms with Gasteiger partial charge >= 0.3 is 0 Å². The highest BCUT2D eigenvalue weighted by atomic mass is 32.2. The molecule has 3 atom stereocenters. The molecule has 1 fully saturated rings. The lowest BCUT2D eigenvalue weighted by atomic mass is 10.0. The maximum atomic E-state index is 10.1. The standard InChI is InChI=1S/C11H20OS2/c1-4-8(2)7-10(12)11-9(3)13-5-6-14-11/h9-12H,2,4-7H2,1,3H3. The summed E-state index contributed by atoms with van der Waals surface area (Å²) in [7, 11) is 0. The Balaban J connectivity index is 2.41. The second kappa shape index (κ2) is 6.09. The Labute approximate surface area is 95.7 Å². The van der Waals surface area contributed by atoms with Gasteiger partial charge in [0.05, 0.1) is 6.10 Å². The second-order valence-corrected chi connectivity index (χ2v) is 6.56. The van der Waals surface area contributed by atoms with E-state index in [0.29, 0.717) is 10.5 Å². The van der Waals surface area contributed by atoms with Gasteiger partial charge in [-0.15, -0.1) is 0 Å². The molecule has 0 aromatic rings. The average Bonchev–Trinajstić information content (AvgIpc) is 2.18. The first-order valence-electron chi connectivity index (χ1n) is 5.23. The summed E-state index contributed by atoms with van der Waals surface area (Å²) in [6, 6.07) is 0. The minimum atomic E-state index is -0.199. The number of aliphatic hydroxyl groups is 1. The van der Waals surface area contributed by atoms with E-state index in [1.54, 1.807) is 0 Å². The number of thioether (sulfide) groups is 2. The lowest BCUT2D eigenvalue weighted by molar-refractivity contribution is 0.170. The van der Waals surface area contributed by atoms with Crippen molar-refractivity contribution >= 4 is 23.5 Å². The normalized spacial score (nSPS) is 29.9. The number of rotatable bonds is 4. The molecule has 1 aliphatic heterocycles. The van der Waals surface area contributed by atoms with Gasteiger partial charge < -0.3 is 5.11 Å². The van der Waals surface area contributed by atoms with Crippen LogP contribution in [0.3, 0.4) is 0 Å². The minimum Gasteiger partial charge on any atom is -0.392 e. The van der Waals surface area contributed by atoms with Gasteiger partial charge in [0.1, 0.15) is 0 Å². The SMILES string of the molecule is C=C(CC)CC(O)C1SCCSC1C. The maximum absolute atomic E-state index is 10.1. The van der Waals surface area contributed by atoms with Crippen molar-refractivity contribution in [2.24, 2.45) is 0 Å². The fourth-order valence-electron chi connectivity index (χ4n) is 1.63. The molecule has 0 aromatic heterocycles. The predicted molar refractivity (Wildman–Crippen MR) is 68.2 cm³/mol. The van der Waals surface area contributed by atoms with Crippen LogP contribution in [0.25, 0.3) is 0 Å². The number of hydrogen-bond acceptors (Lipinski definition) is 3. The molecule has 1 saturated heterocycles. The molecular weight excluding hydrogens is 212 g/mol. The van der Waals surface area contributed by atoms with Crippen molar-refractivity contribution in [3.63, 3.8) is 0 Å². The van der Waals surface area contributed by atoms with Gasteiger partial charge in [-0.25, -0.2) is 0 Å². The average molecular weight is 232 g/mol. The summed E-state index contributed by atoms with van der Waals surface area (Å²) in [4.78, 5) is 0. The second-order valence-electron chi connectivity index (χ2n) is 3.79. The van der Waals surface area contributed by atoms with Gasteiger partial charge in [-0.1, -0.05) is 26.0 Å². The summed E-state index contributed by atoms with van der Waals surface area (Å²) in [6.07, 6.45) is 1.56. The topological polar surface area (TPSA) is 20.2 Å². The summed E-state index contributed by atoms with van der Waals surface area (Å²) in [5.41, 5.74) is 1.17. The molecule has 1 N–H and O–H groups in total. The zero-order valence-corrected chi connectivity index (χ0v) is 10.7. The lowest BCUT2D eigenvalue weighted by Gasteiger charge is -2.31. The van der Waals surface area contributed by atoms with Crippen molar-refractivity contribution in [1.82, 2.24) is 0 Å². The van der Waals surface area contributed by atoms with Gasteiger partial charge in [0.2, 0.25) is 0 Å². The molecule has 1 heterocycles.